The summed E-state index contributed by atoms with van der Waals surface area (Å²) in [7, 11) is 0. The minimum atomic E-state index is -0.910. The number of rotatable bonds is 3. The number of aliphatic hydroxyl groups is 1. The van der Waals surface area contributed by atoms with E-state index in [4.69, 9.17) is 15.6 Å². The van der Waals surface area contributed by atoms with Crippen molar-refractivity contribution >= 4 is 5.97 Å². The maximum Gasteiger partial charge on any atom is 0.325 e. The van der Waals surface area contributed by atoms with E-state index in [1.54, 1.807) is 0 Å². The highest BCUT2D eigenvalue weighted by atomic mass is 16.5. The molecule has 4 heteroatoms. The van der Waals surface area contributed by atoms with Crippen LogP contribution in [0, 0.1) is 5.41 Å². The molecule has 0 saturated carbocycles. The minimum Gasteiger partial charge on any atom is -0.464 e. The van der Waals surface area contributed by atoms with Gasteiger partial charge in [0.1, 0.15) is 6.04 Å². The third kappa shape index (κ3) is 5.09. The number of esters is 1. The SMILES string of the molecule is CC(C)(C)COC(=O)[C@@H](N)CO. The summed E-state index contributed by atoms with van der Waals surface area (Å²) in [6, 6.07) is -0.910. The molecule has 12 heavy (non-hydrogen) atoms. The van der Waals surface area contributed by atoms with E-state index in [0.29, 0.717) is 6.61 Å². The van der Waals surface area contributed by atoms with Crippen molar-refractivity contribution in [1.29, 1.82) is 0 Å². The molecule has 0 aromatic carbocycles. The number of carbonyl (C=O) groups excluding carboxylic acids is 1. The standard InChI is InChI=1S/C8H17NO3/c1-8(2,3)5-12-7(11)6(9)4-10/h6,10H,4-5,9H2,1-3H3/t6-/m0/s1. The number of nitrogens with two attached hydrogens (primary N) is 1. The van der Waals surface area contributed by atoms with E-state index in [9.17, 15) is 4.79 Å². The highest BCUT2D eigenvalue weighted by molar-refractivity contribution is 5.75. The van der Waals surface area contributed by atoms with Crippen molar-refractivity contribution in [3.05, 3.63) is 0 Å². The number of ether oxygens (including phenoxy) is 1. The van der Waals surface area contributed by atoms with Gasteiger partial charge < -0.3 is 15.6 Å². The van der Waals surface area contributed by atoms with E-state index < -0.39 is 12.0 Å². The summed E-state index contributed by atoms with van der Waals surface area (Å²) in [4.78, 5) is 10.9. The predicted molar refractivity (Wildman–Crippen MR) is 45.5 cm³/mol. The van der Waals surface area contributed by atoms with Crippen molar-refractivity contribution in [2.75, 3.05) is 13.2 Å². The van der Waals surface area contributed by atoms with E-state index in [1.165, 1.54) is 0 Å². The van der Waals surface area contributed by atoms with Crippen LogP contribution in [0.2, 0.25) is 0 Å². The Balaban J connectivity index is 3.72. The molecule has 0 radical (unpaired) electrons. The summed E-state index contributed by atoms with van der Waals surface area (Å²) in [6.07, 6.45) is 0. The molecule has 0 spiro atoms. The smallest absolute Gasteiger partial charge is 0.325 e. The van der Waals surface area contributed by atoms with Crippen molar-refractivity contribution in [3.63, 3.8) is 0 Å². The van der Waals surface area contributed by atoms with Crippen molar-refractivity contribution in [1.82, 2.24) is 0 Å². The Labute approximate surface area is 72.7 Å². The second-order valence-electron chi connectivity index (χ2n) is 3.96. The van der Waals surface area contributed by atoms with Gasteiger partial charge in [0, 0.05) is 0 Å². The zero-order valence-corrected chi connectivity index (χ0v) is 7.83. The molecule has 0 amide bonds. The third-order valence-electron chi connectivity index (χ3n) is 1.15. The summed E-state index contributed by atoms with van der Waals surface area (Å²) in [5, 5.41) is 8.51. The molecular formula is C8H17NO3. The normalized spacial score (nSPS) is 14.1. The fraction of sp³-hybridized carbons (Fsp3) is 0.875. The minimum absolute atomic E-state index is 0.0646. The van der Waals surface area contributed by atoms with Crippen molar-refractivity contribution in [2.45, 2.75) is 26.8 Å². The first-order valence-electron chi connectivity index (χ1n) is 3.90. The number of hydrogen-bond donors (Lipinski definition) is 2. The number of aliphatic hydroxyl groups excluding tert-OH is 1. The highest BCUT2D eigenvalue weighted by Gasteiger charge is 2.17. The van der Waals surface area contributed by atoms with E-state index in [2.05, 4.69) is 0 Å². The van der Waals surface area contributed by atoms with Crippen LogP contribution in [0.3, 0.4) is 0 Å². The third-order valence-corrected chi connectivity index (χ3v) is 1.15. The first-order valence-corrected chi connectivity index (χ1v) is 3.90. The lowest BCUT2D eigenvalue weighted by molar-refractivity contribution is -0.148. The summed E-state index contributed by atoms with van der Waals surface area (Å²) in [5.41, 5.74) is 5.16. The van der Waals surface area contributed by atoms with Crippen LogP contribution in [0.1, 0.15) is 20.8 Å². The number of carbonyl (C=O) groups is 1. The Bertz CT molecular complexity index is 151. The first kappa shape index (κ1) is 11.4. The van der Waals surface area contributed by atoms with Gasteiger partial charge >= 0.3 is 5.97 Å². The van der Waals surface area contributed by atoms with Gasteiger partial charge in [-0.1, -0.05) is 20.8 Å². The van der Waals surface area contributed by atoms with Gasteiger partial charge in [-0.15, -0.1) is 0 Å². The van der Waals surface area contributed by atoms with E-state index in [1.807, 2.05) is 20.8 Å². The second-order valence-corrected chi connectivity index (χ2v) is 3.96. The Morgan fingerprint density at radius 1 is 1.58 bits per heavy atom. The predicted octanol–water partition coefficient (Wildman–Crippen LogP) is -0.105. The van der Waals surface area contributed by atoms with Crippen LogP contribution in [0.15, 0.2) is 0 Å². The lowest BCUT2D eigenvalue weighted by atomic mass is 9.99. The van der Waals surface area contributed by atoms with Crippen molar-refractivity contribution in [2.24, 2.45) is 11.1 Å². The van der Waals surface area contributed by atoms with Gasteiger partial charge in [-0.2, -0.15) is 0 Å². The van der Waals surface area contributed by atoms with Crippen LogP contribution in [-0.2, 0) is 9.53 Å². The van der Waals surface area contributed by atoms with E-state index >= 15 is 0 Å². The average Bonchev–Trinajstić information content (AvgIpc) is 1.97. The van der Waals surface area contributed by atoms with Crippen molar-refractivity contribution < 1.29 is 14.6 Å². The molecule has 0 fully saturated rings. The largest absolute Gasteiger partial charge is 0.464 e. The molecule has 3 N–H and O–H groups in total. The summed E-state index contributed by atoms with van der Waals surface area (Å²) in [5.74, 6) is -0.549. The molecule has 0 aromatic rings. The van der Waals surface area contributed by atoms with Gasteiger partial charge in [0.2, 0.25) is 0 Å². The summed E-state index contributed by atoms with van der Waals surface area (Å²) < 4.78 is 4.84. The quantitative estimate of drug-likeness (QED) is 0.587. The Hall–Kier alpha value is -0.610. The Morgan fingerprint density at radius 2 is 2.08 bits per heavy atom. The topological polar surface area (TPSA) is 72.5 Å². The molecule has 0 aliphatic heterocycles. The molecule has 0 rings (SSSR count). The highest BCUT2D eigenvalue weighted by Crippen LogP contribution is 2.12. The molecule has 1 atom stereocenters. The molecule has 0 bridgehead atoms. The fourth-order valence-corrected chi connectivity index (χ4v) is 0.469. The molecule has 72 valence electrons. The average molecular weight is 175 g/mol. The molecule has 0 heterocycles. The number of hydrogen-bond acceptors (Lipinski definition) is 4. The van der Waals surface area contributed by atoms with Crippen LogP contribution in [0.25, 0.3) is 0 Å². The van der Waals surface area contributed by atoms with Crippen molar-refractivity contribution in [3.8, 4) is 0 Å². The first-order chi connectivity index (χ1) is 5.37. The molecular weight excluding hydrogens is 158 g/mol. The van der Waals surface area contributed by atoms with Gasteiger partial charge in [-0.05, 0) is 5.41 Å². The molecule has 4 nitrogen and oxygen atoms in total. The summed E-state index contributed by atoms with van der Waals surface area (Å²) >= 11 is 0. The van der Waals surface area contributed by atoms with Gasteiger partial charge in [0.15, 0.2) is 0 Å². The molecule has 0 aliphatic rings. The zero-order chi connectivity index (χ0) is 9.78. The van der Waals surface area contributed by atoms with Crippen LogP contribution in [0.5, 0.6) is 0 Å². The second kappa shape index (κ2) is 4.42. The van der Waals surface area contributed by atoms with Crippen LogP contribution in [-0.4, -0.2) is 30.3 Å². The maximum atomic E-state index is 10.9. The summed E-state index contributed by atoms with van der Waals surface area (Å²) in [6.45, 7) is 5.79. The van der Waals surface area contributed by atoms with Crippen LogP contribution >= 0.6 is 0 Å². The Kier molecular flexibility index (Phi) is 4.20. The van der Waals surface area contributed by atoms with E-state index in [0.717, 1.165) is 0 Å². The van der Waals surface area contributed by atoms with Gasteiger partial charge in [-0.3, -0.25) is 4.79 Å². The molecule has 0 saturated heterocycles. The Morgan fingerprint density at radius 3 is 2.42 bits per heavy atom. The van der Waals surface area contributed by atoms with Crippen LogP contribution in [0.4, 0.5) is 0 Å². The lowest BCUT2D eigenvalue weighted by Crippen LogP contribution is -2.37. The lowest BCUT2D eigenvalue weighted by Gasteiger charge is -2.18. The fourth-order valence-electron chi connectivity index (χ4n) is 0.469. The van der Waals surface area contributed by atoms with E-state index in [-0.39, 0.29) is 12.0 Å². The zero-order valence-electron chi connectivity index (χ0n) is 7.83. The maximum absolute atomic E-state index is 10.9. The van der Waals surface area contributed by atoms with Gasteiger partial charge in [-0.25, -0.2) is 0 Å². The van der Waals surface area contributed by atoms with Crippen LogP contribution < -0.4 is 5.73 Å². The van der Waals surface area contributed by atoms with Gasteiger partial charge in [0.25, 0.3) is 0 Å². The van der Waals surface area contributed by atoms with Gasteiger partial charge in [0.05, 0.1) is 13.2 Å². The molecule has 0 aromatic heterocycles. The molecule has 0 aliphatic carbocycles. The molecule has 0 unspecified atom stereocenters. The monoisotopic (exact) mass is 175 g/mol.